The Kier molecular flexibility index (Phi) is 7.13. The highest BCUT2D eigenvalue weighted by Gasteiger charge is 2.22. The van der Waals surface area contributed by atoms with Gasteiger partial charge in [-0.3, -0.25) is 0 Å². The molecule has 0 bridgehead atoms. The van der Waals surface area contributed by atoms with Crippen molar-refractivity contribution in [2.45, 2.75) is 0 Å². The zero-order valence-electron chi connectivity index (χ0n) is 30.8. The number of nitrogens with zero attached hydrogens (tertiary/aromatic N) is 1. The predicted octanol–water partition coefficient (Wildman–Crippen LogP) is 16.2. The molecule has 12 aromatic rings. The summed E-state index contributed by atoms with van der Waals surface area (Å²) in [6, 6.07) is 72.7. The van der Waals surface area contributed by atoms with Gasteiger partial charge < -0.3 is 9.32 Å². The van der Waals surface area contributed by atoms with Gasteiger partial charge >= 0.3 is 0 Å². The van der Waals surface area contributed by atoms with Gasteiger partial charge in [-0.25, -0.2) is 0 Å². The quantitative estimate of drug-likeness (QED) is 0.175. The minimum Gasteiger partial charge on any atom is -0.455 e. The van der Waals surface area contributed by atoms with E-state index >= 15 is 0 Å². The minimum absolute atomic E-state index is 0.864. The first kappa shape index (κ1) is 32.1. The molecule has 0 radical (unpaired) electrons. The average molecular weight is 744 g/mol. The Morgan fingerprint density at radius 3 is 1.67 bits per heavy atom. The SMILES string of the molecule is c1ccc2cc(N(c3ccc4ccccc4c3)c3cccc4oc5c6ccccc6c(-c6ccc(-c7cccc8sc9ccccc9c78)cc6)cc5c34)ccc2c1. The second kappa shape index (κ2) is 12.7. The fourth-order valence-electron chi connectivity index (χ4n) is 8.96. The molecule has 2 aromatic heterocycles. The fourth-order valence-corrected chi connectivity index (χ4v) is 10.1. The lowest BCUT2D eigenvalue weighted by Crippen LogP contribution is -2.10. The molecule has 0 fully saturated rings. The predicted molar refractivity (Wildman–Crippen MR) is 245 cm³/mol. The van der Waals surface area contributed by atoms with E-state index in [4.69, 9.17) is 4.42 Å². The Balaban J connectivity index is 1.08. The molecule has 0 saturated carbocycles. The van der Waals surface area contributed by atoms with Gasteiger partial charge in [-0.1, -0.05) is 146 Å². The molecule has 266 valence electrons. The van der Waals surface area contributed by atoms with Gasteiger partial charge in [-0.2, -0.15) is 0 Å². The second-order valence-electron chi connectivity index (χ2n) is 14.9. The van der Waals surface area contributed by atoms with Crippen LogP contribution < -0.4 is 4.90 Å². The molecular formula is C54H33NOS. The molecule has 12 rings (SSSR count). The van der Waals surface area contributed by atoms with Crippen molar-refractivity contribution in [3.05, 3.63) is 200 Å². The number of hydrogen-bond acceptors (Lipinski definition) is 3. The van der Waals surface area contributed by atoms with E-state index in [1.807, 2.05) is 11.3 Å². The fraction of sp³-hybridized carbons (Fsp3) is 0. The maximum Gasteiger partial charge on any atom is 0.143 e. The van der Waals surface area contributed by atoms with Crippen LogP contribution in [0.1, 0.15) is 0 Å². The smallest absolute Gasteiger partial charge is 0.143 e. The molecule has 0 spiro atoms. The molecule has 0 amide bonds. The third-order valence-electron chi connectivity index (χ3n) is 11.6. The molecule has 10 aromatic carbocycles. The van der Waals surface area contributed by atoms with Crippen molar-refractivity contribution in [2.24, 2.45) is 0 Å². The van der Waals surface area contributed by atoms with Gasteiger partial charge in [0.2, 0.25) is 0 Å². The van der Waals surface area contributed by atoms with Gasteiger partial charge in [0, 0.05) is 42.3 Å². The number of thiophene rings is 1. The highest BCUT2D eigenvalue weighted by atomic mass is 32.1. The Labute approximate surface area is 333 Å². The van der Waals surface area contributed by atoms with Crippen molar-refractivity contribution < 1.29 is 4.42 Å². The molecule has 2 nitrogen and oxygen atoms in total. The summed E-state index contributed by atoms with van der Waals surface area (Å²) in [5.74, 6) is 0. The number of fused-ring (bicyclic) bond motifs is 10. The lowest BCUT2D eigenvalue weighted by atomic mass is 9.93. The van der Waals surface area contributed by atoms with Crippen molar-refractivity contribution in [3.8, 4) is 22.3 Å². The molecular weight excluding hydrogens is 711 g/mol. The van der Waals surface area contributed by atoms with Crippen molar-refractivity contribution in [3.63, 3.8) is 0 Å². The Bertz CT molecular complexity index is 3460. The number of hydrogen-bond donors (Lipinski definition) is 0. The number of rotatable bonds is 5. The van der Waals surface area contributed by atoms with Gasteiger partial charge in [0.1, 0.15) is 11.2 Å². The lowest BCUT2D eigenvalue weighted by Gasteiger charge is -2.27. The molecule has 0 N–H and O–H groups in total. The topological polar surface area (TPSA) is 16.4 Å². The molecule has 0 saturated heterocycles. The van der Waals surface area contributed by atoms with Crippen molar-refractivity contribution >= 4 is 103 Å². The van der Waals surface area contributed by atoms with Crippen molar-refractivity contribution in [2.75, 3.05) is 4.90 Å². The largest absolute Gasteiger partial charge is 0.455 e. The Hall–Kier alpha value is -7.20. The summed E-state index contributed by atoms with van der Waals surface area (Å²) in [6.07, 6.45) is 0. The van der Waals surface area contributed by atoms with E-state index in [1.54, 1.807) is 0 Å². The molecule has 0 atom stereocenters. The van der Waals surface area contributed by atoms with Crippen LogP contribution in [0, 0.1) is 0 Å². The minimum atomic E-state index is 0.864. The zero-order chi connectivity index (χ0) is 37.5. The van der Waals surface area contributed by atoms with E-state index < -0.39 is 0 Å². The van der Waals surface area contributed by atoms with Gasteiger partial charge in [-0.15, -0.1) is 11.3 Å². The number of benzene rings is 10. The van der Waals surface area contributed by atoms with E-state index in [1.165, 1.54) is 69.4 Å². The van der Waals surface area contributed by atoms with Gasteiger partial charge in [0.25, 0.3) is 0 Å². The first-order valence-corrected chi connectivity index (χ1v) is 20.2. The van der Waals surface area contributed by atoms with Crippen LogP contribution in [0.4, 0.5) is 17.1 Å². The summed E-state index contributed by atoms with van der Waals surface area (Å²) < 4.78 is 9.52. The van der Waals surface area contributed by atoms with Gasteiger partial charge in [-0.05, 0) is 104 Å². The number of furan rings is 1. The van der Waals surface area contributed by atoms with E-state index in [2.05, 4.69) is 205 Å². The number of anilines is 3. The standard InChI is InChI=1S/C54H33NOS/c1-3-13-38-31-40(29-27-34(38)11-1)55(41-30-28-35-12-2-4-14-39(35)32-41)48-19-10-20-49-53(48)47-33-46(43-15-5-6-16-44(43)54(47)56-49)37-25-23-36(24-26-37)42-18-9-22-51-52(42)45-17-7-8-21-50(45)57-51/h1-33H. The highest BCUT2D eigenvalue weighted by molar-refractivity contribution is 7.25. The molecule has 0 unspecified atom stereocenters. The lowest BCUT2D eigenvalue weighted by molar-refractivity contribution is 0.672. The van der Waals surface area contributed by atoms with Gasteiger partial charge in [0.05, 0.1) is 11.1 Å². The van der Waals surface area contributed by atoms with E-state index in [0.29, 0.717) is 0 Å². The molecule has 3 heteroatoms. The monoisotopic (exact) mass is 743 g/mol. The summed E-state index contributed by atoms with van der Waals surface area (Å²) in [6.45, 7) is 0. The van der Waals surface area contributed by atoms with E-state index in [-0.39, 0.29) is 0 Å². The molecule has 2 heterocycles. The Morgan fingerprint density at radius 1 is 0.368 bits per heavy atom. The summed E-state index contributed by atoms with van der Waals surface area (Å²) in [7, 11) is 0. The Morgan fingerprint density at radius 2 is 0.947 bits per heavy atom. The van der Waals surface area contributed by atoms with Crippen LogP contribution in [0.25, 0.3) is 96.7 Å². The maximum absolute atomic E-state index is 6.88. The van der Waals surface area contributed by atoms with Crippen LogP contribution in [0.2, 0.25) is 0 Å². The van der Waals surface area contributed by atoms with Crippen LogP contribution in [-0.2, 0) is 0 Å². The first-order chi connectivity index (χ1) is 28.2. The first-order valence-electron chi connectivity index (χ1n) is 19.4. The second-order valence-corrected chi connectivity index (χ2v) is 15.9. The van der Waals surface area contributed by atoms with Crippen LogP contribution in [0.15, 0.2) is 205 Å². The maximum atomic E-state index is 6.88. The summed E-state index contributed by atoms with van der Waals surface area (Å²) in [4.78, 5) is 2.40. The van der Waals surface area contributed by atoms with Crippen LogP contribution in [0.5, 0.6) is 0 Å². The van der Waals surface area contributed by atoms with Crippen LogP contribution in [0.3, 0.4) is 0 Å². The summed E-state index contributed by atoms with van der Waals surface area (Å²) in [5, 5.41) is 11.9. The summed E-state index contributed by atoms with van der Waals surface area (Å²) in [5.41, 5.74) is 9.87. The van der Waals surface area contributed by atoms with Gasteiger partial charge in [0.15, 0.2) is 0 Å². The molecule has 0 aliphatic heterocycles. The summed E-state index contributed by atoms with van der Waals surface area (Å²) >= 11 is 1.86. The van der Waals surface area contributed by atoms with E-state index in [9.17, 15) is 0 Å². The van der Waals surface area contributed by atoms with Crippen molar-refractivity contribution in [1.82, 2.24) is 0 Å². The third-order valence-corrected chi connectivity index (χ3v) is 12.7. The molecule has 0 aliphatic rings. The molecule has 0 aliphatic carbocycles. The van der Waals surface area contributed by atoms with Crippen molar-refractivity contribution in [1.29, 1.82) is 0 Å². The van der Waals surface area contributed by atoms with E-state index in [0.717, 1.165) is 44.4 Å². The third kappa shape index (κ3) is 5.10. The van der Waals surface area contributed by atoms with Crippen LogP contribution in [-0.4, -0.2) is 0 Å². The van der Waals surface area contributed by atoms with Crippen LogP contribution >= 0.6 is 11.3 Å². The molecule has 57 heavy (non-hydrogen) atoms. The normalized spacial score (nSPS) is 11.9. The zero-order valence-corrected chi connectivity index (χ0v) is 31.6. The average Bonchev–Trinajstić information content (AvgIpc) is 3.86. The highest BCUT2D eigenvalue weighted by Crippen LogP contribution is 2.47.